The van der Waals surface area contributed by atoms with Gasteiger partial charge in [-0.3, -0.25) is 9.59 Å². The molecular weight excluding hydrogens is 332 g/mol. The number of likely N-dealkylation sites (tertiary alicyclic amines) is 1. The van der Waals surface area contributed by atoms with E-state index in [4.69, 9.17) is 4.74 Å². The third-order valence-electron chi connectivity index (χ3n) is 5.85. The van der Waals surface area contributed by atoms with Crippen molar-refractivity contribution >= 4 is 5.91 Å². The van der Waals surface area contributed by atoms with Crippen LogP contribution in [0.5, 0.6) is 0 Å². The van der Waals surface area contributed by atoms with Gasteiger partial charge in [-0.05, 0) is 63.1 Å². The molecule has 0 spiro atoms. The Morgan fingerprint density at radius 2 is 1.96 bits per heavy atom. The van der Waals surface area contributed by atoms with Gasteiger partial charge in [0.2, 0.25) is 5.91 Å². The number of morpholine rings is 1. The number of hydrogen-bond acceptors (Lipinski definition) is 5. The molecular formula is C19H28N4O3. The van der Waals surface area contributed by atoms with E-state index in [0.29, 0.717) is 12.5 Å². The molecule has 3 aliphatic rings. The van der Waals surface area contributed by atoms with Gasteiger partial charge in [0, 0.05) is 25.7 Å². The van der Waals surface area contributed by atoms with E-state index in [-0.39, 0.29) is 24.2 Å². The quantitative estimate of drug-likeness (QED) is 0.838. The van der Waals surface area contributed by atoms with Gasteiger partial charge in [0.1, 0.15) is 6.61 Å². The van der Waals surface area contributed by atoms with Crippen LogP contribution in [0.15, 0.2) is 10.9 Å². The standard InChI is InChI=1S/C19H28N4O3/c24-18-13-26-16(10-20-18)12-22-7-5-14(6-8-22)11-23-19(25)9-15-3-1-2-4-17(15)21-23/h9,14,16H,1-8,10-13H2,(H,20,24). The first-order valence-electron chi connectivity index (χ1n) is 9.88. The second-order valence-electron chi connectivity index (χ2n) is 7.82. The van der Waals surface area contributed by atoms with Crippen LogP contribution in [0.4, 0.5) is 0 Å². The van der Waals surface area contributed by atoms with Crippen LogP contribution in [0, 0.1) is 5.92 Å². The molecule has 1 atom stereocenters. The Kier molecular flexibility index (Phi) is 5.36. The van der Waals surface area contributed by atoms with Crippen LogP contribution < -0.4 is 10.9 Å². The molecule has 0 saturated carbocycles. The molecule has 1 aromatic heterocycles. The van der Waals surface area contributed by atoms with E-state index < -0.39 is 0 Å². The molecule has 7 nitrogen and oxygen atoms in total. The smallest absolute Gasteiger partial charge is 0.267 e. The minimum absolute atomic E-state index is 0.0250. The summed E-state index contributed by atoms with van der Waals surface area (Å²) in [7, 11) is 0. The Balaban J connectivity index is 1.29. The lowest BCUT2D eigenvalue weighted by Gasteiger charge is -2.35. The van der Waals surface area contributed by atoms with Crippen molar-refractivity contribution in [3.05, 3.63) is 27.7 Å². The second-order valence-corrected chi connectivity index (χ2v) is 7.82. The lowest BCUT2D eigenvalue weighted by atomic mass is 9.95. The zero-order valence-electron chi connectivity index (χ0n) is 15.3. The summed E-state index contributed by atoms with van der Waals surface area (Å²) in [5, 5.41) is 7.51. The molecule has 142 valence electrons. The Morgan fingerprint density at radius 3 is 2.73 bits per heavy atom. The largest absolute Gasteiger partial charge is 0.365 e. The molecule has 0 aromatic carbocycles. The summed E-state index contributed by atoms with van der Waals surface area (Å²) >= 11 is 0. The molecule has 0 bridgehead atoms. The van der Waals surface area contributed by atoms with Gasteiger partial charge in [-0.15, -0.1) is 0 Å². The molecule has 1 amide bonds. The molecule has 2 saturated heterocycles. The van der Waals surface area contributed by atoms with E-state index in [1.807, 2.05) is 6.07 Å². The maximum Gasteiger partial charge on any atom is 0.267 e. The molecule has 2 aliphatic heterocycles. The number of aromatic nitrogens is 2. The lowest BCUT2D eigenvalue weighted by Crippen LogP contribution is -2.49. The maximum absolute atomic E-state index is 12.4. The highest BCUT2D eigenvalue weighted by atomic mass is 16.5. The molecule has 1 aliphatic carbocycles. The topological polar surface area (TPSA) is 76.5 Å². The van der Waals surface area contributed by atoms with E-state index in [0.717, 1.165) is 63.1 Å². The van der Waals surface area contributed by atoms with Crippen molar-refractivity contribution in [1.29, 1.82) is 0 Å². The fourth-order valence-electron chi connectivity index (χ4n) is 4.26. The summed E-state index contributed by atoms with van der Waals surface area (Å²) in [6.07, 6.45) is 6.60. The van der Waals surface area contributed by atoms with Crippen molar-refractivity contribution in [2.45, 2.75) is 51.2 Å². The molecule has 26 heavy (non-hydrogen) atoms. The number of piperidine rings is 1. The number of fused-ring (bicyclic) bond motifs is 1. The number of rotatable bonds is 4. The fourth-order valence-corrected chi connectivity index (χ4v) is 4.26. The normalized spacial score (nSPS) is 24.9. The van der Waals surface area contributed by atoms with Crippen LogP contribution >= 0.6 is 0 Å². The SMILES string of the molecule is O=C1COC(CN2CCC(Cn3nc4c(cc3=O)CCCC4)CC2)CN1. The van der Waals surface area contributed by atoms with Gasteiger partial charge in [-0.25, -0.2) is 4.68 Å². The van der Waals surface area contributed by atoms with Crippen LogP contribution in [0.1, 0.15) is 36.9 Å². The zero-order valence-corrected chi connectivity index (χ0v) is 15.3. The van der Waals surface area contributed by atoms with Gasteiger partial charge in [-0.2, -0.15) is 5.10 Å². The van der Waals surface area contributed by atoms with Crippen molar-refractivity contribution in [2.75, 3.05) is 32.8 Å². The summed E-state index contributed by atoms with van der Waals surface area (Å²) in [6, 6.07) is 1.81. The Labute approximate surface area is 153 Å². The Morgan fingerprint density at radius 1 is 1.15 bits per heavy atom. The van der Waals surface area contributed by atoms with Gasteiger partial charge in [-0.1, -0.05) is 0 Å². The third-order valence-corrected chi connectivity index (χ3v) is 5.85. The summed E-state index contributed by atoms with van der Waals surface area (Å²) in [5.41, 5.74) is 2.34. The van der Waals surface area contributed by atoms with Gasteiger partial charge in [0.25, 0.3) is 5.56 Å². The van der Waals surface area contributed by atoms with Crippen LogP contribution in [0.2, 0.25) is 0 Å². The first-order valence-corrected chi connectivity index (χ1v) is 9.88. The highest BCUT2D eigenvalue weighted by molar-refractivity contribution is 5.77. The van der Waals surface area contributed by atoms with Gasteiger partial charge >= 0.3 is 0 Å². The van der Waals surface area contributed by atoms with Crippen molar-refractivity contribution in [3.8, 4) is 0 Å². The molecule has 2 fully saturated rings. The summed E-state index contributed by atoms with van der Waals surface area (Å²) in [5.74, 6) is 0.480. The van der Waals surface area contributed by atoms with Crippen LogP contribution in [0.3, 0.4) is 0 Å². The average molecular weight is 360 g/mol. The molecule has 3 heterocycles. The predicted octanol–water partition coefficient (Wildman–Crippen LogP) is 0.349. The average Bonchev–Trinajstić information content (AvgIpc) is 2.66. The number of ether oxygens (including phenoxy) is 1. The van der Waals surface area contributed by atoms with E-state index in [1.54, 1.807) is 4.68 Å². The van der Waals surface area contributed by atoms with Crippen molar-refractivity contribution in [1.82, 2.24) is 20.0 Å². The third kappa shape index (κ3) is 4.15. The van der Waals surface area contributed by atoms with Crippen molar-refractivity contribution < 1.29 is 9.53 Å². The molecule has 1 N–H and O–H groups in total. The van der Waals surface area contributed by atoms with Crippen molar-refractivity contribution in [2.24, 2.45) is 5.92 Å². The minimum atomic E-state index is -0.0250. The second kappa shape index (κ2) is 7.88. The number of nitrogens with one attached hydrogen (secondary N) is 1. The summed E-state index contributed by atoms with van der Waals surface area (Å²) in [4.78, 5) is 25.9. The Hall–Kier alpha value is -1.73. The number of carbonyl (C=O) groups excluding carboxylic acids is 1. The van der Waals surface area contributed by atoms with Crippen molar-refractivity contribution in [3.63, 3.8) is 0 Å². The predicted molar refractivity (Wildman–Crippen MR) is 97.1 cm³/mol. The molecule has 1 aromatic rings. The van der Waals surface area contributed by atoms with E-state index in [2.05, 4.69) is 15.3 Å². The lowest BCUT2D eigenvalue weighted by molar-refractivity contribution is -0.134. The number of carbonyl (C=O) groups is 1. The highest BCUT2D eigenvalue weighted by Gasteiger charge is 2.25. The van der Waals surface area contributed by atoms with Gasteiger partial charge in [0.05, 0.1) is 11.8 Å². The highest BCUT2D eigenvalue weighted by Crippen LogP contribution is 2.21. The van der Waals surface area contributed by atoms with Crippen LogP contribution in [0.25, 0.3) is 0 Å². The van der Waals surface area contributed by atoms with Gasteiger partial charge in [0.15, 0.2) is 0 Å². The number of hydrogen-bond donors (Lipinski definition) is 1. The first-order chi connectivity index (χ1) is 12.7. The monoisotopic (exact) mass is 360 g/mol. The zero-order chi connectivity index (χ0) is 17.9. The number of aryl methyl sites for hydroxylation is 2. The molecule has 0 radical (unpaired) electrons. The van der Waals surface area contributed by atoms with E-state index in [1.165, 1.54) is 12.8 Å². The number of nitrogens with zero attached hydrogens (tertiary/aromatic N) is 3. The van der Waals surface area contributed by atoms with Gasteiger partial charge < -0.3 is 15.0 Å². The van der Waals surface area contributed by atoms with E-state index >= 15 is 0 Å². The molecule has 4 rings (SSSR count). The maximum atomic E-state index is 12.4. The molecule has 7 heteroatoms. The summed E-state index contributed by atoms with van der Waals surface area (Å²) in [6.45, 7) is 4.40. The van der Waals surface area contributed by atoms with Crippen LogP contribution in [-0.2, 0) is 28.9 Å². The molecule has 1 unspecified atom stereocenters. The fraction of sp³-hybridized carbons (Fsp3) is 0.737. The van der Waals surface area contributed by atoms with Crippen LogP contribution in [-0.4, -0.2) is 59.5 Å². The first kappa shape index (κ1) is 17.7. The minimum Gasteiger partial charge on any atom is -0.365 e. The number of amides is 1. The Bertz CT molecular complexity index is 699. The summed E-state index contributed by atoms with van der Waals surface area (Å²) < 4.78 is 7.27. The van der Waals surface area contributed by atoms with E-state index in [9.17, 15) is 9.59 Å².